The van der Waals surface area contributed by atoms with Crippen LogP contribution in [-0.2, 0) is 11.3 Å². The highest BCUT2D eigenvalue weighted by molar-refractivity contribution is 5.91. The summed E-state index contributed by atoms with van der Waals surface area (Å²) in [6, 6.07) is 9.96. The highest BCUT2D eigenvalue weighted by Crippen LogP contribution is 2.17. The van der Waals surface area contributed by atoms with Crippen LogP contribution in [0.5, 0.6) is 5.75 Å². The third-order valence-corrected chi connectivity index (χ3v) is 3.10. The molecule has 0 atom stereocenters. The largest absolute Gasteiger partial charge is 0.504 e. The van der Waals surface area contributed by atoms with Crippen LogP contribution in [0.25, 0.3) is 10.8 Å². The first kappa shape index (κ1) is 13.7. The van der Waals surface area contributed by atoms with Crippen molar-refractivity contribution < 1.29 is 9.90 Å². The zero-order valence-electron chi connectivity index (χ0n) is 11.4. The van der Waals surface area contributed by atoms with E-state index in [0.717, 1.165) is 4.68 Å². The summed E-state index contributed by atoms with van der Waals surface area (Å²) in [6.45, 7) is -0.264. The molecule has 0 spiro atoms. The van der Waals surface area contributed by atoms with Crippen LogP contribution in [0.4, 0.5) is 5.82 Å². The third-order valence-electron chi connectivity index (χ3n) is 3.10. The van der Waals surface area contributed by atoms with Gasteiger partial charge in [0, 0.05) is 11.6 Å². The fourth-order valence-corrected chi connectivity index (χ4v) is 2.04. The van der Waals surface area contributed by atoms with Crippen molar-refractivity contribution in [2.45, 2.75) is 6.54 Å². The van der Waals surface area contributed by atoms with Gasteiger partial charge in [-0.1, -0.05) is 18.2 Å². The summed E-state index contributed by atoms with van der Waals surface area (Å²) in [5.41, 5.74) is -0.349. The first-order valence-electron chi connectivity index (χ1n) is 6.54. The van der Waals surface area contributed by atoms with E-state index in [2.05, 4.69) is 15.4 Å². The molecule has 2 N–H and O–H groups in total. The molecule has 0 unspecified atom stereocenters. The first-order chi connectivity index (χ1) is 10.6. The standard InChI is InChI=1S/C15H12N4O3/c20-12-6-3-7-16-14(12)18-13(21)9-19-15(22)11-5-2-1-4-10(11)8-17-19/h1-8,20H,9H2,(H,16,18,21). The van der Waals surface area contributed by atoms with E-state index < -0.39 is 5.91 Å². The Morgan fingerprint density at radius 1 is 1.23 bits per heavy atom. The lowest BCUT2D eigenvalue weighted by Gasteiger charge is -2.07. The second kappa shape index (κ2) is 5.65. The number of carbonyl (C=O) groups is 1. The van der Waals surface area contributed by atoms with E-state index in [1.807, 2.05) is 6.07 Å². The molecule has 110 valence electrons. The van der Waals surface area contributed by atoms with E-state index in [-0.39, 0.29) is 23.7 Å². The first-order valence-corrected chi connectivity index (χ1v) is 6.54. The molecule has 0 aliphatic rings. The molecule has 1 amide bonds. The number of rotatable bonds is 3. The molecule has 0 fully saturated rings. The molecule has 3 aromatic rings. The summed E-state index contributed by atoms with van der Waals surface area (Å²) in [5.74, 6) is -0.602. The molecular weight excluding hydrogens is 284 g/mol. The molecule has 0 saturated heterocycles. The van der Waals surface area contributed by atoms with Crippen LogP contribution in [0, 0.1) is 0 Å². The normalized spacial score (nSPS) is 10.5. The van der Waals surface area contributed by atoms with Crippen molar-refractivity contribution >= 4 is 22.5 Å². The SMILES string of the molecule is O=C(Cn1ncc2ccccc2c1=O)Nc1ncccc1O. The van der Waals surface area contributed by atoms with Crippen molar-refractivity contribution in [1.29, 1.82) is 0 Å². The van der Waals surface area contributed by atoms with Gasteiger partial charge >= 0.3 is 0 Å². The smallest absolute Gasteiger partial charge is 0.275 e. The maximum Gasteiger partial charge on any atom is 0.275 e. The Morgan fingerprint density at radius 3 is 2.86 bits per heavy atom. The number of amides is 1. The molecule has 2 aromatic heterocycles. The lowest BCUT2D eigenvalue weighted by Crippen LogP contribution is -2.29. The minimum atomic E-state index is -0.501. The van der Waals surface area contributed by atoms with Crippen LogP contribution in [-0.4, -0.2) is 25.8 Å². The minimum Gasteiger partial charge on any atom is -0.504 e. The second-order valence-electron chi connectivity index (χ2n) is 4.61. The molecule has 7 heteroatoms. The number of hydrogen-bond acceptors (Lipinski definition) is 5. The van der Waals surface area contributed by atoms with Gasteiger partial charge in [-0.05, 0) is 18.2 Å². The summed E-state index contributed by atoms with van der Waals surface area (Å²) in [7, 11) is 0. The molecule has 0 aliphatic carbocycles. The number of nitrogens with zero attached hydrogens (tertiary/aromatic N) is 3. The highest BCUT2D eigenvalue weighted by atomic mass is 16.3. The van der Waals surface area contributed by atoms with Crippen molar-refractivity contribution in [2.24, 2.45) is 0 Å². The molecule has 0 bridgehead atoms. The molecule has 1 aromatic carbocycles. The summed E-state index contributed by atoms with van der Waals surface area (Å²) < 4.78 is 1.07. The van der Waals surface area contributed by atoms with Gasteiger partial charge in [0.15, 0.2) is 11.6 Å². The lowest BCUT2D eigenvalue weighted by atomic mass is 10.2. The summed E-state index contributed by atoms with van der Waals surface area (Å²) in [6.07, 6.45) is 2.97. The number of aromatic nitrogens is 3. The third kappa shape index (κ3) is 2.64. The fraction of sp³-hybridized carbons (Fsp3) is 0.0667. The number of anilines is 1. The molecule has 22 heavy (non-hydrogen) atoms. The number of benzene rings is 1. The fourth-order valence-electron chi connectivity index (χ4n) is 2.04. The maximum absolute atomic E-state index is 12.2. The Balaban J connectivity index is 1.84. The molecule has 0 aliphatic heterocycles. The second-order valence-corrected chi connectivity index (χ2v) is 4.61. The van der Waals surface area contributed by atoms with Crippen molar-refractivity contribution in [3.05, 3.63) is 59.1 Å². The van der Waals surface area contributed by atoms with E-state index in [1.54, 1.807) is 24.3 Å². The predicted molar refractivity (Wildman–Crippen MR) is 80.5 cm³/mol. The summed E-state index contributed by atoms with van der Waals surface area (Å²) >= 11 is 0. The molecular formula is C15H12N4O3. The van der Waals surface area contributed by atoms with Crippen LogP contribution in [0.3, 0.4) is 0 Å². The van der Waals surface area contributed by atoms with Gasteiger partial charge in [-0.3, -0.25) is 9.59 Å². The number of nitrogens with one attached hydrogen (secondary N) is 1. The van der Waals surface area contributed by atoms with Gasteiger partial charge in [0.2, 0.25) is 5.91 Å². The number of fused-ring (bicyclic) bond motifs is 1. The van der Waals surface area contributed by atoms with Crippen LogP contribution in [0.15, 0.2) is 53.6 Å². The number of pyridine rings is 1. The van der Waals surface area contributed by atoms with Crippen molar-refractivity contribution in [2.75, 3.05) is 5.32 Å². The zero-order valence-corrected chi connectivity index (χ0v) is 11.4. The summed E-state index contributed by atoms with van der Waals surface area (Å²) in [5, 5.41) is 17.2. The van der Waals surface area contributed by atoms with Gasteiger partial charge in [0.1, 0.15) is 6.54 Å². The minimum absolute atomic E-state index is 0.0429. The topological polar surface area (TPSA) is 97.1 Å². The lowest BCUT2D eigenvalue weighted by molar-refractivity contribution is -0.117. The number of aromatic hydroxyl groups is 1. The molecule has 0 radical (unpaired) electrons. The Hall–Kier alpha value is -3.22. The van der Waals surface area contributed by atoms with Gasteiger partial charge in [0.05, 0.1) is 11.6 Å². The summed E-state index contributed by atoms with van der Waals surface area (Å²) in [4.78, 5) is 28.0. The van der Waals surface area contributed by atoms with Gasteiger partial charge < -0.3 is 10.4 Å². The molecule has 2 heterocycles. The Bertz CT molecular complexity index is 904. The zero-order chi connectivity index (χ0) is 15.5. The Morgan fingerprint density at radius 2 is 2.05 bits per heavy atom. The Labute approximate surface area is 124 Å². The number of hydrogen-bond donors (Lipinski definition) is 2. The van der Waals surface area contributed by atoms with Crippen LogP contribution in [0.2, 0.25) is 0 Å². The Kier molecular flexibility index (Phi) is 3.53. The van der Waals surface area contributed by atoms with Crippen LogP contribution >= 0.6 is 0 Å². The maximum atomic E-state index is 12.2. The highest BCUT2D eigenvalue weighted by Gasteiger charge is 2.10. The van der Waals surface area contributed by atoms with Gasteiger partial charge in [-0.15, -0.1) is 0 Å². The quantitative estimate of drug-likeness (QED) is 0.755. The monoisotopic (exact) mass is 296 g/mol. The van der Waals surface area contributed by atoms with Gasteiger partial charge in [-0.2, -0.15) is 5.10 Å². The van der Waals surface area contributed by atoms with E-state index in [9.17, 15) is 14.7 Å². The van der Waals surface area contributed by atoms with Crippen molar-refractivity contribution in [3.8, 4) is 5.75 Å². The van der Waals surface area contributed by atoms with E-state index >= 15 is 0 Å². The molecule has 7 nitrogen and oxygen atoms in total. The van der Waals surface area contributed by atoms with Crippen molar-refractivity contribution in [1.82, 2.24) is 14.8 Å². The van der Waals surface area contributed by atoms with E-state index in [4.69, 9.17) is 0 Å². The van der Waals surface area contributed by atoms with Crippen LogP contribution < -0.4 is 10.9 Å². The molecule has 0 saturated carbocycles. The van der Waals surface area contributed by atoms with Crippen molar-refractivity contribution in [3.63, 3.8) is 0 Å². The van der Waals surface area contributed by atoms with Gasteiger partial charge in [-0.25, -0.2) is 9.67 Å². The average Bonchev–Trinajstić information content (AvgIpc) is 2.53. The van der Waals surface area contributed by atoms with Gasteiger partial charge in [0.25, 0.3) is 5.56 Å². The number of carbonyl (C=O) groups excluding carboxylic acids is 1. The van der Waals surface area contributed by atoms with E-state index in [1.165, 1.54) is 18.5 Å². The average molecular weight is 296 g/mol. The van der Waals surface area contributed by atoms with Crippen LogP contribution in [0.1, 0.15) is 0 Å². The molecule has 3 rings (SSSR count). The van der Waals surface area contributed by atoms with E-state index in [0.29, 0.717) is 10.8 Å². The predicted octanol–water partition coefficient (Wildman–Crippen LogP) is 1.14.